The molecule has 4 nitrogen and oxygen atoms in total. The number of rotatable bonds is 4. The Morgan fingerprint density at radius 2 is 2.11 bits per heavy atom. The highest BCUT2D eigenvalue weighted by Crippen LogP contribution is 2.31. The monoisotopic (exact) mass is 327 g/mol. The number of halogens is 1. The van der Waals surface area contributed by atoms with E-state index in [0.717, 1.165) is 4.88 Å². The standard InChI is InChI=1S/C12H10BrNO3S/c1-16-11(15)10-9(7-13)18-12(14-10)17-8-5-3-2-4-6-8/h2-6H,7H2,1H3. The van der Waals surface area contributed by atoms with Gasteiger partial charge in [-0.3, -0.25) is 0 Å². The lowest BCUT2D eigenvalue weighted by molar-refractivity contribution is 0.0593. The maximum absolute atomic E-state index is 11.5. The van der Waals surface area contributed by atoms with Gasteiger partial charge in [-0.2, -0.15) is 4.98 Å². The van der Waals surface area contributed by atoms with Crippen LogP contribution >= 0.6 is 27.3 Å². The van der Waals surface area contributed by atoms with Gasteiger partial charge in [0, 0.05) is 5.33 Å². The number of alkyl halides is 1. The summed E-state index contributed by atoms with van der Waals surface area (Å²) >= 11 is 4.63. The number of ether oxygens (including phenoxy) is 2. The first-order valence-corrected chi connectivity index (χ1v) is 7.05. The molecule has 0 fully saturated rings. The van der Waals surface area contributed by atoms with Gasteiger partial charge in [-0.05, 0) is 12.1 Å². The van der Waals surface area contributed by atoms with Crippen molar-refractivity contribution < 1.29 is 14.3 Å². The van der Waals surface area contributed by atoms with Gasteiger partial charge in [0.05, 0.1) is 12.0 Å². The van der Waals surface area contributed by atoms with Crippen LogP contribution in [-0.2, 0) is 10.1 Å². The summed E-state index contributed by atoms with van der Waals surface area (Å²) in [5.74, 6) is 0.229. The van der Waals surface area contributed by atoms with Crippen LogP contribution in [0.25, 0.3) is 0 Å². The molecule has 0 N–H and O–H groups in total. The average molecular weight is 328 g/mol. The van der Waals surface area contributed by atoms with Crippen molar-refractivity contribution in [2.45, 2.75) is 5.33 Å². The maximum Gasteiger partial charge on any atom is 0.358 e. The first-order valence-electron chi connectivity index (χ1n) is 5.11. The van der Waals surface area contributed by atoms with Crippen LogP contribution in [0.4, 0.5) is 0 Å². The Balaban J connectivity index is 2.25. The van der Waals surface area contributed by atoms with Gasteiger partial charge >= 0.3 is 5.97 Å². The van der Waals surface area contributed by atoms with E-state index in [-0.39, 0.29) is 0 Å². The molecule has 18 heavy (non-hydrogen) atoms. The summed E-state index contributed by atoms with van der Waals surface area (Å²) in [4.78, 5) is 16.4. The van der Waals surface area contributed by atoms with Crippen molar-refractivity contribution in [3.8, 4) is 10.9 Å². The van der Waals surface area contributed by atoms with Crippen LogP contribution in [0, 0.1) is 0 Å². The number of hydrogen-bond acceptors (Lipinski definition) is 5. The molecule has 2 aromatic rings. The van der Waals surface area contributed by atoms with Crippen LogP contribution in [-0.4, -0.2) is 18.1 Å². The zero-order valence-corrected chi connectivity index (χ0v) is 12.0. The van der Waals surface area contributed by atoms with Crippen molar-refractivity contribution in [1.82, 2.24) is 4.98 Å². The van der Waals surface area contributed by atoms with Crippen LogP contribution in [0.1, 0.15) is 15.4 Å². The molecule has 0 saturated carbocycles. The SMILES string of the molecule is COC(=O)c1nc(Oc2ccccc2)sc1CBr. The first kappa shape index (κ1) is 13.0. The number of methoxy groups -OCH3 is 1. The van der Waals surface area contributed by atoms with Crippen molar-refractivity contribution in [3.05, 3.63) is 40.9 Å². The fourth-order valence-corrected chi connectivity index (χ4v) is 2.68. The highest BCUT2D eigenvalue weighted by molar-refractivity contribution is 9.08. The first-order chi connectivity index (χ1) is 8.74. The molecule has 0 aliphatic carbocycles. The van der Waals surface area contributed by atoms with E-state index in [2.05, 4.69) is 25.7 Å². The number of hydrogen-bond donors (Lipinski definition) is 0. The van der Waals surface area contributed by atoms with E-state index in [1.165, 1.54) is 18.4 Å². The van der Waals surface area contributed by atoms with Gasteiger partial charge in [0.2, 0.25) is 0 Å². The number of nitrogens with zero attached hydrogens (tertiary/aromatic N) is 1. The normalized spacial score (nSPS) is 10.1. The number of benzene rings is 1. The lowest BCUT2D eigenvalue weighted by atomic mass is 10.3. The van der Waals surface area contributed by atoms with E-state index in [4.69, 9.17) is 4.74 Å². The van der Waals surface area contributed by atoms with Gasteiger partial charge in [-0.1, -0.05) is 45.5 Å². The largest absolute Gasteiger partial charge is 0.464 e. The summed E-state index contributed by atoms with van der Waals surface area (Å²) < 4.78 is 10.2. The van der Waals surface area contributed by atoms with Crippen LogP contribution in [0.5, 0.6) is 10.9 Å². The number of para-hydroxylation sites is 1. The number of aromatic nitrogens is 1. The van der Waals surface area contributed by atoms with Crippen molar-refractivity contribution >= 4 is 33.2 Å². The minimum atomic E-state index is -0.455. The Kier molecular flexibility index (Phi) is 4.33. The molecule has 0 amide bonds. The Hall–Kier alpha value is -1.40. The van der Waals surface area contributed by atoms with Crippen molar-refractivity contribution in [1.29, 1.82) is 0 Å². The van der Waals surface area contributed by atoms with Gasteiger partial charge in [-0.25, -0.2) is 4.79 Å². The number of carbonyl (C=O) groups is 1. The highest BCUT2D eigenvalue weighted by Gasteiger charge is 2.19. The smallest absolute Gasteiger partial charge is 0.358 e. The van der Waals surface area contributed by atoms with E-state index >= 15 is 0 Å². The van der Waals surface area contributed by atoms with Crippen LogP contribution in [0.15, 0.2) is 30.3 Å². The van der Waals surface area contributed by atoms with Gasteiger partial charge in [-0.15, -0.1) is 0 Å². The summed E-state index contributed by atoms with van der Waals surface area (Å²) in [7, 11) is 1.33. The highest BCUT2D eigenvalue weighted by atomic mass is 79.9. The van der Waals surface area contributed by atoms with Gasteiger partial charge < -0.3 is 9.47 Å². The lowest BCUT2D eigenvalue weighted by Gasteiger charge is -1.99. The third-order valence-corrected chi connectivity index (χ3v) is 3.99. The molecule has 2 rings (SSSR count). The predicted octanol–water partition coefficient (Wildman–Crippen LogP) is 3.62. The predicted molar refractivity (Wildman–Crippen MR) is 72.6 cm³/mol. The van der Waals surface area contributed by atoms with Crippen LogP contribution in [0.3, 0.4) is 0 Å². The molecule has 1 aromatic carbocycles. The second kappa shape index (κ2) is 5.97. The Morgan fingerprint density at radius 1 is 1.39 bits per heavy atom. The molecule has 0 unspecified atom stereocenters. The summed E-state index contributed by atoms with van der Waals surface area (Å²) in [5, 5.41) is 0.962. The van der Waals surface area contributed by atoms with Gasteiger partial charge in [0.25, 0.3) is 5.19 Å². The molecular weight excluding hydrogens is 318 g/mol. The van der Waals surface area contributed by atoms with E-state index < -0.39 is 5.97 Å². The molecule has 0 radical (unpaired) electrons. The lowest BCUT2D eigenvalue weighted by Crippen LogP contribution is -2.03. The third kappa shape index (κ3) is 2.88. The second-order valence-corrected chi connectivity index (χ2v) is 4.90. The molecule has 1 heterocycles. The fourth-order valence-electron chi connectivity index (χ4n) is 1.31. The zero-order chi connectivity index (χ0) is 13.0. The Morgan fingerprint density at radius 3 is 2.72 bits per heavy atom. The van der Waals surface area contributed by atoms with Crippen LogP contribution < -0.4 is 4.74 Å². The molecule has 0 aliphatic rings. The second-order valence-electron chi connectivity index (χ2n) is 3.29. The molecule has 0 bridgehead atoms. The quantitative estimate of drug-likeness (QED) is 0.635. The number of carbonyl (C=O) groups excluding carboxylic acids is 1. The average Bonchev–Trinajstić information content (AvgIpc) is 2.82. The minimum absolute atomic E-state index is 0.297. The molecule has 94 valence electrons. The minimum Gasteiger partial charge on any atom is -0.464 e. The molecule has 0 aliphatic heterocycles. The van der Waals surface area contributed by atoms with Crippen molar-refractivity contribution in [2.75, 3.05) is 7.11 Å². The Bertz CT molecular complexity index is 542. The molecule has 0 spiro atoms. The van der Waals surface area contributed by atoms with E-state index in [0.29, 0.717) is 22.0 Å². The van der Waals surface area contributed by atoms with Gasteiger partial charge in [0.1, 0.15) is 5.75 Å². The van der Waals surface area contributed by atoms with Crippen LogP contribution in [0.2, 0.25) is 0 Å². The van der Waals surface area contributed by atoms with Crippen molar-refractivity contribution in [3.63, 3.8) is 0 Å². The Labute approximate surface area is 117 Å². The van der Waals surface area contributed by atoms with Crippen molar-refractivity contribution in [2.24, 2.45) is 0 Å². The maximum atomic E-state index is 11.5. The number of esters is 1. The van der Waals surface area contributed by atoms with E-state index in [1.54, 1.807) is 0 Å². The molecule has 0 atom stereocenters. The summed E-state index contributed by atoms with van der Waals surface area (Å²) in [6.45, 7) is 0. The number of thiazole rings is 1. The molecule has 6 heteroatoms. The molecule has 0 saturated heterocycles. The summed E-state index contributed by atoms with van der Waals surface area (Å²) in [6.07, 6.45) is 0. The van der Waals surface area contributed by atoms with E-state index in [9.17, 15) is 4.79 Å². The third-order valence-electron chi connectivity index (χ3n) is 2.13. The summed E-state index contributed by atoms with van der Waals surface area (Å²) in [5.41, 5.74) is 0.297. The summed E-state index contributed by atoms with van der Waals surface area (Å²) in [6, 6.07) is 9.30. The topological polar surface area (TPSA) is 48.4 Å². The van der Waals surface area contributed by atoms with Gasteiger partial charge in [0.15, 0.2) is 5.69 Å². The molecular formula is C12H10BrNO3S. The zero-order valence-electron chi connectivity index (χ0n) is 9.55. The fraction of sp³-hybridized carbons (Fsp3) is 0.167. The molecule has 1 aromatic heterocycles. The van der Waals surface area contributed by atoms with E-state index in [1.807, 2.05) is 30.3 Å².